The van der Waals surface area contributed by atoms with Gasteiger partial charge in [-0.3, -0.25) is 10.2 Å². The van der Waals surface area contributed by atoms with Crippen LogP contribution in [0.25, 0.3) is 6.08 Å². The van der Waals surface area contributed by atoms with E-state index in [9.17, 15) is 4.79 Å². The molecule has 0 aliphatic carbocycles. The van der Waals surface area contributed by atoms with Crippen molar-refractivity contribution in [1.29, 1.82) is 5.41 Å². The van der Waals surface area contributed by atoms with Crippen LogP contribution in [0.4, 0.5) is 0 Å². The minimum absolute atomic E-state index is 0.0699. The molecule has 34 heavy (non-hydrogen) atoms. The van der Waals surface area contributed by atoms with Gasteiger partial charge >= 0.3 is 0 Å². The molecular formula is C25H24ClN3O5. The van der Waals surface area contributed by atoms with Gasteiger partial charge in [-0.1, -0.05) is 17.7 Å². The largest absolute Gasteiger partial charge is 0.493 e. The van der Waals surface area contributed by atoms with Crippen molar-refractivity contribution in [3.8, 4) is 17.2 Å². The number of aryl methyl sites for hydroxylation is 2. The zero-order valence-electron chi connectivity index (χ0n) is 19.3. The monoisotopic (exact) mass is 481 g/mol. The van der Waals surface area contributed by atoms with Crippen molar-refractivity contribution in [3.63, 3.8) is 0 Å². The van der Waals surface area contributed by atoms with E-state index in [-0.39, 0.29) is 23.9 Å². The van der Waals surface area contributed by atoms with Crippen LogP contribution in [0.1, 0.15) is 23.6 Å². The van der Waals surface area contributed by atoms with E-state index in [1.807, 2.05) is 26.0 Å². The molecule has 9 heteroatoms. The van der Waals surface area contributed by atoms with Crippen molar-refractivity contribution in [3.05, 3.63) is 69.5 Å². The number of allylic oxidation sites excluding steroid dienone is 1. The summed E-state index contributed by atoms with van der Waals surface area (Å²) in [6, 6.07) is 9.31. The van der Waals surface area contributed by atoms with Gasteiger partial charge in [-0.05, 0) is 67.8 Å². The van der Waals surface area contributed by atoms with Crippen LogP contribution < -0.4 is 14.2 Å². The van der Waals surface area contributed by atoms with E-state index >= 15 is 0 Å². The average molecular weight is 482 g/mol. The molecule has 2 aliphatic heterocycles. The van der Waals surface area contributed by atoms with Crippen molar-refractivity contribution < 1.29 is 23.8 Å². The number of methoxy groups -OCH3 is 1. The number of nitrogens with zero attached hydrogens (tertiary/aromatic N) is 2. The van der Waals surface area contributed by atoms with E-state index < -0.39 is 5.91 Å². The normalized spacial score (nSPS) is 16.1. The minimum atomic E-state index is -0.537. The number of amides is 1. The highest BCUT2D eigenvalue weighted by Gasteiger charge is 2.34. The smallest absolute Gasteiger partial charge is 0.282 e. The highest BCUT2D eigenvalue weighted by atomic mass is 35.5. The van der Waals surface area contributed by atoms with Gasteiger partial charge in [0, 0.05) is 6.08 Å². The lowest BCUT2D eigenvalue weighted by Gasteiger charge is -2.23. The number of carbonyl (C=O) groups is 1. The first-order valence-corrected chi connectivity index (χ1v) is 10.9. The molecule has 0 unspecified atom stereocenters. The number of halogens is 1. The molecule has 4 rings (SSSR count). The van der Waals surface area contributed by atoms with E-state index in [2.05, 4.69) is 11.1 Å². The van der Waals surface area contributed by atoms with Crippen LogP contribution in [0.5, 0.6) is 17.2 Å². The summed E-state index contributed by atoms with van der Waals surface area (Å²) >= 11 is 6.46. The van der Waals surface area contributed by atoms with Crippen molar-refractivity contribution in [2.75, 3.05) is 20.3 Å². The second-order valence-corrected chi connectivity index (χ2v) is 8.28. The Bertz CT molecular complexity index is 1250. The Balaban J connectivity index is 1.48. The number of nitrogens with one attached hydrogen (secondary N) is 1. The van der Waals surface area contributed by atoms with Gasteiger partial charge in [0.05, 0.1) is 17.7 Å². The Morgan fingerprint density at radius 3 is 2.50 bits per heavy atom. The van der Waals surface area contributed by atoms with Gasteiger partial charge < -0.3 is 19.0 Å². The number of aliphatic imine (C=N–C) groups is 1. The van der Waals surface area contributed by atoms with Crippen molar-refractivity contribution >= 4 is 35.3 Å². The molecule has 1 N–H and O–H groups in total. The Morgan fingerprint density at radius 1 is 1.09 bits per heavy atom. The van der Waals surface area contributed by atoms with Crippen LogP contribution in [0.3, 0.4) is 0 Å². The predicted octanol–water partition coefficient (Wildman–Crippen LogP) is 4.87. The number of ether oxygens (including phenoxy) is 3. The van der Waals surface area contributed by atoms with Gasteiger partial charge in [0.1, 0.15) is 24.7 Å². The van der Waals surface area contributed by atoms with E-state index in [0.29, 0.717) is 34.5 Å². The lowest BCUT2D eigenvalue weighted by Crippen LogP contribution is -2.38. The van der Waals surface area contributed by atoms with Crippen LogP contribution in [-0.2, 0) is 9.63 Å². The Hall–Kier alpha value is -3.78. The Morgan fingerprint density at radius 2 is 1.79 bits per heavy atom. The van der Waals surface area contributed by atoms with E-state index in [0.717, 1.165) is 16.9 Å². The number of carbonyl (C=O) groups excluding carboxylic acids is 1. The molecule has 2 heterocycles. The molecule has 1 amide bonds. The van der Waals surface area contributed by atoms with Crippen molar-refractivity contribution in [1.82, 2.24) is 5.06 Å². The van der Waals surface area contributed by atoms with Crippen LogP contribution in [0.2, 0.25) is 5.02 Å². The number of benzene rings is 2. The molecule has 2 aliphatic rings. The van der Waals surface area contributed by atoms with Crippen LogP contribution >= 0.6 is 11.6 Å². The summed E-state index contributed by atoms with van der Waals surface area (Å²) in [7, 11) is 1.50. The van der Waals surface area contributed by atoms with Gasteiger partial charge in [-0.25, -0.2) is 0 Å². The van der Waals surface area contributed by atoms with Gasteiger partial charge in [-0.15, -0.1) is 5.06 Å². The zero-order valence-corrected chi connectivity index (χ0v) is 20.0. The Kier molecular flexibility index (Phi) is 6.61. The fourth-order valence-corrected chi connectivity index (χ4v) is 3.92. The first-order chi connectivity index (χ1) is 16.2. The lowest BCUT2D eigenvalue weighted by atomic mass is 10.1. The molecule has 8 nitrogen and oxygen atoms in total. The van der Waals surface area contributed by atoms with Crippen LogP contribution in [-0.4, -0.2) is 43.0 Å². The molecule has 0 saturated carbocycles. The van der Waals surface area contributed by atoms with Crippen molar-refractivity contribution in [2.24, 2.45) is 4.99 Å². The zero-order chi connectivity index (χ0) is 24.4. The highest BCUT2D eigenvalue weighted by molar-refractivity contribution is 6.33. The molecule has 0 saturated heterocycles. The minimum Gasteiger partial charge on any atom is -0.493 e. The van der Waals surface area contributed by atoms with Crippen molar-refractivity contribution in [2.45, 2.75) is 20.8 Å². The number of fused-ring (bicyclic) bond motifs is 1. The maximum Gasteiger partial charge on any atom is 0.282 e. The van der Waals surface area contributed by atoms with E-state index in [1.54, 1.807) is 25.1 Å². The number of hydroxylamine groups is 2. The Labute approximate surface area is 202 Å². The second-order valence-electron chi connectivity index (χ2n) is 7.88. The third kappa shape index (κ3) is 4.92. The number of rotatable bonds is 7. The quantitative estimate of drug-likeness (QED) is 0.447. The maximum absolute atomic E-state index is 12.5. The van der Waals surface area contributed by atoms with Gasteiger partial charge in [0.25, 0.3) is 5.91 Å². The highest BCUT2D eigenvalue weighted by Crippen LogP contribution is 2.37. The summed E-state index contributed by atoms with van der Waals surface area (Å²) in [6.45, 7) is 6.33. The number of hydrogen-bond donors (Lipinski definition) is 1. The first kappa shape index (κ1) is 23.4. The van der Waals surface area contributed by atoms with Crippen LogP contribution in [0, 0.1) is 19.3 Å². The number of amidine groups is 2. The van der Waals surface area contributed by atoms with E-state index in [1.165, 1.54) is 18.2 Å². The SMILES string of the molecule is COc1cc(/C=C2/C(=N)N3OC(C)=CC3=NC2=O)cc(Cl)c1OCCOc1cc(C)cc(C)c1. The topological polar surface area (TPSA) is 93.4 Å². The molecule has 0 radical (unpaired) electrons. The summed E-state index contributed by atoms with van der Waals surface area (Å²) in [5.74, 6) is 1.71. The lowest BCUT2D eigenvalue weighted by molar-refractivity contribution is -0.114. The summed E-state index contributed by atoms with van der Waals surface area (Å²) < 4.78 is 17.1. The summed E-state index contributed by atoms with van der Waals surface area (Å²) in [6.07, 6.45) is 3.11. The molecule has 2 aromatic carbocycles. The summed E-state index contributed by atoms with van der Waals surface area (Å²) in [4.78, 5) is 21.9. The standard InChI is InChI=1S/C25H24ClN3O5/c1-14-7-15(2)9-18(8-14)32-5-6-33-23-20(26)12-17(13-21(23)31-4)11-19-24(27)29-22(28-25(19)30)10-16(3)34-29/h7-13,27H,5-6H2,1-4H3/b19-11-,27-24?. The molecule has 0 aromatic heterocycles. The maximum atomic E-state index is 12.5. The molecule has 0 fully saturated rings. The molecule has 0 bridgehead atoms. The summed E-state index contributed by atoms with van der Waals surface area (Å²) in [5, 5.41) is 9.84. The third-order valence-electron chi connectivity index (χ3n) is 5.04. The molecule has 0 atom stereocenters. The van der Waals surface area contributed by atoms with Gasteiger partial charge in [-0.2, -0.15) is 4.99 Å². The molecular weight excluding hydrogens is 458 g/mol. The van der Waals surface area contributed by atoms with Crippen LogP contribution in [0.15, 0.2) is 52.7 Å². The first-order valence-electron chi connectivity index (χ1n) is 10.6. The molecule has 2 aromatic rings. The average Bonchev–Trinajstić information content (AvgIpc) is 3.14. The van der Waals surface area contributed by atoms with Gasteiger partial charge in [0.2, 0.25) is 0 Å². The number of hydrogen-bond acceptors (Lipinski definition) is 6. The van der Waals surface area contributed by atoms with E-state index in [4.69, 9.17) is 36.1 Å². The predicted molar refractivity (Wildman–Crippen MR) is 130 cm³/mol. The summed E-state index contributed by atoms with van der Waals surface area (Å²) in [5.41, 5.74) is 2.87. The van der Waals surface area contributed by atoms with Gasteiger partial charge in [0.15, 0.2) is 23.2 Å². The fraction of sp³-hybridized carbons (Fsp3) is 0.240. The molecule has 0 spiro atoms. The second kappa shape index (κ2) is 9.61. The third-order valence-corrected chi connectivity index (χ3v) is 5.32. The molecule has 176 valence electrons. The fourth-order valence-electron chi connectivity index (χ4n) is 3.65.